The highest BCUT2D eigenvalue weighted by atomic mass is 16.6. The maximum absolute atomic E-state index is 11.2. The molecule has 0 aliphatic carbocycles. The minimum absolute atomic E-state index is 0.00688. The first-order valence-corrected chi connectivity index (χ1v) is 3.86. The van der Waals surface area contributed by atoms with Gasteiger partial charge < -0.3 is 14.8 Å². The van der Waals surface area contributed by atoms with Gasteiger partial charge in [-0.1, -0.05) is 0 Å². The van der Waals surface area contributed by atoms with Gasteiger partial charge in [0.05, 0.1) is 6.20 Å². The van der Waals surface area contributed by atoms with Crippen molar-refractivity contribution in [2.24, 2.45) is 0 Å². The molecule has 0 spiro atoms. The number of aromatic amines is 1. The van der Waals surface area contributed by atoms with E-state index in [1.807, 2.05) is 0 Å². The molecule has 0 radical (unpaired) electrons. The highest BCUT2D eigenvalue weighted by Crippen LogP contribution is 2.11. The fourth-order valence-electron chi connectivity index (χ4n) is 0.742. The standard InChI is InChI=1S/C8H12N2O3/c1-8(2,3)13-7(12)6-9-4-5(11)10-6/h4,11H,1-3H3,(H,9,10). The molecule has 1 rings (SSSR count). The van der Waals surface area contributed by atoms with Crippen LogP contribution >= 0.6 is 0 Å². The Balaban J connectivity index is 2.70. The van der Waals surface area contributed by atoms with E-state index in [2.05, 4.69) is 9.97 Å². The molecule has 0 amide bonds. The summed E-state index contributed by atoms with van der Waals surface area (Å²) in [5.41, 5.74) is -0.556. The molecule has 0 atom stereocenters. The van der Waals surface area contributed by atoms with Crippen molar-refractivity contribution in [2.45, 2.75) is 26.4 Å². The van der Waals surface area contributed by atoms with Gasteiger partial charge in [-0.25, -0.2) is 9.78 Å². The molecule has 1 heterocycles. The lowest BCUT2D eigenvalue weighted by molar-refractivity contribution is 0.00563. The first kappa shape index (κ1) is 9.57. The molecule has 0 aromatic carbocycles. The van der Waals surface area contributed by atoms with Crippen molar-refractivity contribution in [3.8, 4) is 5.88 Å². The summed E-state index contributed by atoms with van der Waals surface area (Å²) in [4.78, 5) is 17.2. The van der Waals surface area contributed by atoms with E-state index in [0.717, 1.165) is 6.20 Å². The summed E-state index contributed by atoms with van der Waals surface area (Å²) >= 11 is 0. The Labute approximate surface area is 75.8 Å². The van der Waals surface area contributed by atoms with Crippen LogP contribution in [-0.2, 0) is 4.74 Å². The number of rotatable bonds is 1. The monoisotopic (exact) mass is 184 g/mol. The van der Waals surface area contributed by atoms with Gasteiger partial charge in [-0.15, -0.1) is 0 Å². The van der Waals surface area contributed by atoms with Crippen LogP contribution in [0.3, 0.4) is 0 Å². The summed E-state index contributed by atoms with van der Waals surface area (Å²) in [6, 6.07) is 0. The number of nitrogens with zero attached hydrogens (tertiary/aromatic N) is 1. The zero-order valence-electron chi connectivity index (χ0n) is 7.79. The number of esters is 1. The molecule has 5 nitrogen and oxygen atoms in total. The van der Waals surface area contributed by atoms with E-state index in [1.54, 1.807) is 20.8 Å². The fraction of sp³-hybridized carbons (Fsp3) is 0.500. The summed E-state index contributed by atoms with van der Waals surface area (Å²) in [6.07, 6.45) is 1.15. The molecule has 0 unspecified atom stereocenters. The van der Waals surface area contributed by atoms with Gasteiger partial charge in [-0.2, -0.15) is 0 Å². The molecule has 2 N–H and O–H groups in total. The lowest BCUT2D eigenvalue weighted by atomic mass is 10.2. The molecule has 0 aliphatic heterocycles. The number of aromatic nitrogens is 2. The van der Waals surface area contributed by atoms with Crippen LogP contribution in [0.5, 0.6) is 5.88 Å². The van der Waals surface area contributed by atoms with E-state index in [1.165, 1.54) is 0 Å². The summed E-state index contributed by atoms with van der Waals surface area (Å²) in [5, 5.41) is 8.87. The fourth-order valence-corrected chi connectivity index (χ4v) is 0.742. The lowest BCUT2D eigenvalue weighted by Crippen LogP contribution is -2.24. The number of imidazole rings is 1. The van der Waals surface area contributed by atoms with Crippen molar-refractivity contribution in [2.75, 3.05) is 0 Å². The second-order valence-corrected chi connectivity index (χ2v) is 3.62. The van der Waals surface area contributed by atoms with Gasteiger partial charge in [0.25, 0.3) is 0 Å². The van der Waals surface area contributed by atoms with Gasteiger partial charge in [-0.05, 0) is 20.8 Å². The molecule has 13 heavy (non-hydrogen) atoms. The summed E-state index contributed by atoms with van der Waals surface area (Å²) in [6.45, 7) is 5.27. The topological polar surface area (TPSA) is 75.2 Å². The van der Waals surface area contributed by atoms with Crippen LogP contribution in [0.2, 0.25) is 0 Å². The lowest BCUT2D eigenvalue weighted by Gasteiger charge is -2.18. The van der Waals surface area contributed by atoms with E-state index in [0.29, 0.717) is 0 Å². The molecule has 72 valence electrons. The second kappa shape index (κ2) is 3.08. The normalized spacial score (nSPS) is 11.3. The van der Waals surface area contributed by atoms with Gasteiger partial charge in [0.2, 0.25) is 11.7 Å². The number of ether oxygens (including phenoxy) is 1. The molecular weight excluding hydrogens is 172 g/mol. The molecule has 0 fully saturated rings. The number of aromatic hydroxyl groups is 1. The quantitative estimate of drug-likeness (QED) is 0.640. The molecule has 1 aromatic heterocycles. The smallest absolute Gasteiger partial charge is 0.374 e. The van der Waals surface area contributed by atoms with Crippen LogP contribution in [0.15, 0.2) is 6.20 Å². The van der Waals surface area contributed by atoms with Gasteiger partial charge in [0.1, 0.15) is 5.60 Å². The van der Waals surface area contributed by atoms with Crippen LogP contribution in [-0.4, -0.2) is 26.6 Å². The molecule has 0 aliphatic rings. The Morgan fingerprint density at radius 2 is 2.23 bits per heavy atom. The molecule has 0 saturated carbocycles. The van der Waals surface area contributed by atoms with Crippen LogP contribution in [0.4, 0.5) is 0 Å². The number of hydrogen-bond donors (Lipinski definition) is 2. The van der Waals surface area contributed by atoms with Crippen molar-refractivity contribution in [3.63, 3.8) is 0 Å². The molecular formula is C8H12N2O3. The first-order valence-electron chi connectivity index (χ1n) is 3.86. The van der Waals surface area contributed by atoms with Gasteiger partial charge in [0, 0.05) is 0 Å². The first-order chi connectivity index (χ1) is 5.88. The Hall–Kier alpha value is -1.52. The Morgan fingerprint density at radius 3 is 2.62 bits per heavy atom. The maximum atomic E-state index is 11.2. The average Bonchev–Trinajstić information content (AvgIpc) is 2.31. The third kappa shape index (κ3) is 2.77. The predicted molar refractivity (Wildman–Crippen MR) is 45.4 cm³/mol. The molecule has 0 saturated heterocycles. The third-order valence-electron chi connectivity index (χ3n) is 1.15. The van der Waals surface area contributed by atoms with Gasteiger partial charge in [-0.3, -0.25) is 0 Å². The minimum Gasteiger partial charge on any atom is -0.493 e. The van der Waals surface area contributed by atoms with Gasteiger partial charge >= 0.3 is 5.97 Å². The van der Waals surface area contributed by atoms with Crippen LogP contribution < -0.4 is 0 Å². The minimum atomic E-state index is -0.576. The van der Waals surface area contributed by atoms with Gasteiger partial charge in [0.15, 0.2) is 0 Å². The molecule has 5 heteroatoms. The second-order valence-electron chi connectivity index (χ2n) is 3.62. The van der Waals surface area contributed by atoms with Crippen molar-refractivity contribution in [3.05, 3.63) is 12.0 Å². The predicted octanol–water partition coefficient (Wildman–Crippen LogP) is 1.07. The number of nitrogens with one attached hydrogen (secondary N) is 1. The zero-order valence-corrected chi connectivity index (χ0v) is 7.79. The number of carbonyl (C=O) groups is 1. The molecule has 1 aromatic rings. The van der Waals surface area contributed by atoms with Crippen LogP contribution in [0, 0.1) is 0 Å². The maximum Gasteiger partial charge on any atom is 0.374 e. The Bertz CT molecular complexity index is 311. The summed E-state index contributed by atoms with van der Waals surface area (Å²) in [7, 11) is 0. The van der Waals surface area contributed by atoms with Crippen molar-refractivity contribution >= 4 is 5.97 Å². The zero-order chi connectivity index (χ0) is 10.1. The summed E-state index contributed by atoms with van der Waals surface area (Å²) < 4.78 is 4.99. The van der Waals surface area contributed by atoms with Crippen molar-refractivity contribution < 1.29 is 14.6 Å². The highest BCUT2D eigenvalue weighted by molar-refractivity contribution is 5.85. The number of H-pyrrole nitrogens is 1. The SMILES string of the molecule is CC(C)(C)OC(=O)c1ncc(O)[nH]1. The van der Waals surface area contributed by atoms with E-state index < -0.39 is 11.6 Å². The van der Waals surface area contributed by atoms with E-state index >= 15 is 0 Å². The van der Waals surface area contributed by atoms with Crippen LogP contribution in [0.1, 0.15) is 31.4 Å². The van der Waals surface area contributed by atoms with Crippen molar-refractivity contribution in [1.82, 2.24) is 9.97 Å². The summed E-state index contributed by atoms with van der Waals surface area (Å²) in [5.74, 6) is -0.721. The van der Waals surface area contributed by atoms with E-state index in [9.17, 15) is 4.79 Å². The van der Waals surface area contributed by atoms with Crippen molar-refractivity contribution in [1.29, 1.82) is 0 Å². The number of hydrogen-bond acceptors (Lipinski definition) is 4. The number of carbonyl (C=O) groups excluding carboxylic acids is 1. The van der Waals surface area contributed by atoms with E-state index in [-0.39, 0.29) is 11.7 Å². The largest absolute Gasteiger partial charge is 0.493 e. The Kier molecular flexibility index (Phi) is 2.27. The Morgan fingerprint density at radius 1 is 1.62 bits per heavy atom. The van der Waals surface area contributed by atoms with Crippen LogP contribution in [0.25, 0.3) is 0 Å². The average molecular weight is 184 g/mol. The third-order valence-corrected chi connectivity index (χ3v) is 1.15. The highest BCUT2D eigenvalue weighted by Gasteiger charge is 2.19. The van der Waals surface area contributed by atoms with E-state index in [4.69, 9.17) is 9.84 Å². The molecule has 0 bridgehead atoms.